The van der Waals surface area contributed by atoms with E-state index in [-0.39, 0.29) is 16.8 Å². The smallest absolute Gasteiger partial charge is 0.332 e. The van der Waals surface area contributed by atoms with Crippen LogP contribution in [0, 0.1) is 5.82 Å². The predicted molar refractivity (Wildman–Crippen MR) is 93.3 cm³/mol. The Kier molecular flexibility index (Phi) is 4.97. The van der Waals surface area contributed by atoms with Crippen molar-refractivity contribution in [2.75, 3.05) is 12.4 Å². The minimum absolute atomic E-state index is 0.00404. The van der Waals surface area contributed by atoms with Crippen molar-refractivity contribution in [3.63, 3.8) is 0 Å². The lowest BCUT2D eigenvalue weighted by Crippen LogP contribution is -2.17. The molecule has 0 saturated carbocycles. The number of anilines is 1. The Balaban J connectivity index is 1.80. The molecule has 0 fully saturated rings. The van der Waals surface area contributed by atoms with Gasteiger partial charge in [0.1, 0.15) is 5.82 Å². The van der Waals surface area contributed by atoms with E-state index in [2.05, 4.69) is 10.3 Å². The first-order chi connectivity index (χ1) is 12.5. The second-order valence-electron chi connectivity index (χ2n) is 5.85. The van der Waals surface area contributed by atoms with Crippen molar-refractivity contribution in [3.8, 4) is 17.0 Å². The number of halogens is 1. The molecule has 1 aliphatic carbocycles. The molecule has 0 radical (unpaired) electrons. The summed E-state index contributed by atoms with van der Waals surface area (Å²) in [6, 6.07) is 7.82. The van der Waals surface area contributed by atoms with Gasteiger partial charge in [-0.1, -0.05) is 6.07 Å². The Morgan fingerprint density at radius 1 is 1.15 bits per heavy atom. The van der Waals surface area contributed by atoms with E-state index >= 15 is 0 Å². The molecular formula is C19H17FN2O4. The fraction of sp³-hybridized carbons (Fsp3) is 0.211. The van der Waals surface area contributed by atoms with Crippen LogP contribution in [0.4, 0.5) is 10.1 Å². The van der Waals surface area contributed by atoms with Gasteiger partial charge < -0.3 is 15.2 Å². The number of aliphatic carboxylic acids is 1. The van der Waals surface area contributed by atoms with Crippen LogP contribution in [-0.4, -0.2) is 29.1 Å². The number of ether oxygens (including phenoxy) is 1. The Labute approximate surface area is 149 Å². The fourth-order valence-corrected chi connectivity index (χ4v) is 2.90. The number of nitrogens with zero attached hydrogens (tertiary/aromatic N) is 1. The minimum Gasteiger partial charge on any atom is -0.481 e. The van der Waals surface area contributed by atoms with Gasteiger partial charge in [0.15, 0.2) is 0 Å². The molecule has 6 nitrogen and oxygen atoms in total. The highest BCUT2D eigenvalue weighted by molar-refractivity contribution is 6.09. The summed E-state index contributed by atoms with van der Waals surface area (Å²) in [5, 5.41) is 11.6. The lowest BCUT2D eigenvalue weighted by Gasteiger charge is -2.10. The molecule has 0 bridgehead atoms. The number of aromatic nitrogens is 1. The molecule has 1 aromatic carbocycles. The van der Waals surface area contributed by atoms with Crippen LogP contribution in [0.15, 0.2) is 47.7 Å². The molecule has 0 saturated heterocycles. The van der Waals surface area contributed by atoms with Crippen LogP contribution in [-0.2, 0) is 9.59 Å². The molecule has 0 spiro atoms. The number of hydrogen-bond acceptors (Lipinski definition) is 4. The largest absolute Gasteiger partial charge is 0.481 e. The van der Waals surface area contributed by atoms with E-state index in [1.54, 1.807) is 24.4 Å². The number of pyridine rings is 1. The highest BCUT2D eigenvalue weighted by Gasteiger charge is 2.25. The maximum atomic E-state index is 14.4. The Hall–Kier alpha value is -3.22. The van der Waals surface area contributed by atoms with Gasteiger partial charge in [-0.05, 0) is 43.0 Å². The first-order valence-corrected chi connectivity index (χ1v) is 8.06. The van der Waals surface area contributed by atoms with E-state index in [1.807, 2.05) is 0 Å². The van der Waals surface area contributed by atoms with Crippen molar-refractivity contribution in [2.24, 2.45) is 0 Å². The van der Waals surface area contributed by atoms with Crippen LogP contribution in [0.5, 0.6) is 5.88 Å². The van der Waals surface area contributed by atoms with Gasteiger partial charge >= 0.3 is 5.97 Å². The Bertz CT molecular complexity index is 891. The molecule has 1 aromatic heterocycles. The third kappa shape index (κ3) is 3.56. The second-order valence-corrected chi connectivity index (χ2v) is 5.85. The molecule has 3 rings (SSSR count). The lowest BCUT2D eigenvalue weighted by atomic mass is 10.1. The zero-order chi connectivity index (χ0) is 18.7. The fourth-order valence-electron chi connectivity index (χ4n) is 2.90. The number of methoxy groups -OCH3 is 1. The molecule has 134 valence electrons. The first-order valence-electron chi connectivity index (χ1n) is 8.06. The van der Waals surface area contributed by atoms with Crippen molar-refractivity contribution < 1.29 is 23.8 Å². The highest BCUT2D eigenvalue weighted by atomic mass is 19.1. The summed E-state index contributed by atoms with van der Waals surface area (Å²) in [4.78, 5) is 27.5. The first kappa shape index (κ1) is 17.6. The number of carbonyl (C=O) groups is 2. The molecule has 1 heterocycles. The van der Waals surface area contributed by atoms with E-state index in [9.17, 15) is 14.0 Å². The number of benzene rings is 1. The molecule has 0 atom stereocenters. The van der Waals surface area contributed by atoms with Crippen LogP contribution >= 0.6 is 0 Å². The van der Waals surface area contributed by atoms with Gasteiger partial charge in [-0.15, -0.1) is 0 Å². The molecule has 2 aromatic rings. The van der Waals surface area contributed by atoms with Gasteiger partial charge in [0, 0.05) is 29.0 Å². The summed E-state index contributed by atoms with van der Waals surface area (Å²) in [5.41, 5.74) is 1.62. The third-order valence-corrected chi connectivity index (χ3v) is 4.25. The van der Waals surface area contributed by atoms with Crippen LogP contribution in [0.3, 0.4) is 0 Å². The van der Waals surface area contributed by atoms with Crippen molar-refractivity contribution in [3.05, 3.63) is 53.5 Å². The van der Waals surface area contributed by atoms with E-state index in [0.29, 0.717) is 36.3 Å². The average molecular weight is 356 g/mol. The van der Waals surface area contributed by atoms with Crippen molar-refractivity contribution >= 4 is 17.6 Å². The van der Waals surface area contributed by atoms with Crippen LogP contribution < -0.4 is 10.1 Å². The molecule has 7 heteroatoms. The van der Waals surface area contributed by atoms with Crippen LogP contribution in [0.25, 0.3) is 11.1 Å². The summed E-state index contributed by atoms with van der Waals surface area (Å²) < 4.78 is 19.4. The van der Waals surface area contributed by atoms with Gasteiger partial charge in [-0.3, -0.25) is 4.79 Å². The average Bonchev–Trinajstić information content (AvgIpc) is 3.14. The summed E-state index contributed by atoms with van der Waals surface area (Å²) >= 11 is 0. The molecule has 1 amide bonds. The highest BCUT2D eigenvalue weighted by Crippen LogP contribution is 2.29. The monoisotopic (exact) mass is 356 g/mol. The van der Waals surface area contributed by atoms with Gasteiger partial charge in [-0.25, -0.2) is 14.2 Å². The summed E-state index contributed by atoms with van der Waals surface area (Å²) in [7, 11) is 1.51. The number of carbonyl (C=O) groups excluding carboxylic acids is 1. The van der Waals surface area contributed by atoms with Gasteiger partial charge in [0.05, 0.1) is 12.8 Å². The van der Waals surface area contributed by atoms with E-state index < -0.39 is 17.7 Å². The maximum absolute atomic E-state index is 14.4. The number of nitrogens with one attached hydrogen (secondary N) is 1. The van der Waals surface area contributed by atoms with Gasteiger partial charge in [0.2, 0.25) is 5.88 Å². The standard InChI is InChI=1S/C19H17FN2O4/c1-26-17-8-6-12(10-21-17)11-5-7-16(15(20)9-11)22-18(23)13-3-2-4-14(13)19(24)25/h5-10H,2-4H2,1H3,(H,22,23)(H,24,25). The lowest BCUT2D eigenvalue weighted by molar-refractivity contribution is -0.133. The summed E-state index contributed by atoms with van der Waals surface area (Å²) in [5.74, 6) is -1.83. The van der Waals surface area contributed by atoms with Crippen LogP contribution in [0.2, 0.25) is 0 Å². The quantitative estimate of drug-likeness (QED) is 0.857. The Morgan fingerprint density at radius 2 is 1.88 bits per heavy atom. The predicted octanol–water partition coefficient (Wildman–Crippen LogP) is 3.40. The zero-order valence-electron chi connectivity index (χ0n) is 14.1. The molecule has 0 unspecified atom stereocenters. The van der Waals surface area contributed by atoms with Gasteiger partial charge in [0.25, 0.3) is 5.91 Å². The minimum atomic E-state index is -1.10. The van der Waals surface area contributed by atoms with Crippen molar-refractivity contribution in [1.29, 1.82) is 0 Å². The van der Waals surface area contributed by atoms with Gasteiger partial charge in [-0.2, -0.15) is 0 Å². The number of carboxylic acid groups (broad SMARTS) is 1. The molecule has 2 N–H and O–H groups in total. The van der Waals surface area contributed by atoms with E-state index in [1.165, 1.54) is 19.2 Å². The number of hydrogen-bond donors (Lipinski definition) is 2. The summed E-state index contributed by atoms with van der Waals surface area (Å²) in [6.45, 7) is 0. The van der Waals surface area contributed by atoms with E-state index in [0.717, 1.165) is 0 Å². The van der Waals surface area contributed by atoms with Crippen molar-refractivity contribution in [2.45, 2.75) is 19.3 Å². The number of carboxylic acids is 1. The maximum Gasteiger partial charge on any atom is 0.332 e. The van der Waals surface area contributed by atoms with E-state index in [4.69, 9.17) is 9.84 Å². The van der Waals surface area contributed by atoms with Crippen LogP contribution in [0.1, 0.15) is 19.3 Å². The normalized spacial score (nSPS) is 13.6. The zero-order valence-corrected chi connectivity index (χ0v) is 14.1. The summed E-state index contributed by atoms with van der Waals surface area (Å²) in [6.07, 6.45) is 2.90. The Morgan fingerprint density at radius 3 is 2.50 bits per heavy atom. The number of rotatable bonds is 5. The molecular weight excluding hydrogens is 339 g/mol. The molecule has 1 aliphatic rings. The molecule has 0 aliphatic heterocycles. The topological polar surface area (TPSA) is 88.5 Å². The second kappa shape index (κ2) is 7.35. The number of amides is 1. The van der Waals surface area contributed by atoms with Crippen molar-refractivity contribution in [1.82, 2.24) is 4.98 Å². The SMILES string of the molecule is COc1ccc(-c2ccc(NC(=O)C3=C(C(=O)O)CCC3)c(F)c2)cn1. The third-order valence-electron chi connectivity index (χ3n) is 4.25. The molecule has 26 heavy (non-hydrogen) atoms.